The minimum absolute atomic E-state index is 0.125. The van der Waals surface area contributed by atoms with Gasteiger partial charge in [-0.05, 0) is 70.7 Å². The van der Waals surface area contributed by atoms with Gasteiger partial charge in [-0.1, -0.05) is 48.5 Å². The molecule has 0 saturated heterocycles. The van der Waals surface area contributed by atoms with Gasteiger partial charge < -0.3 is 19.5 Å². The highest BCUT2D eigenvalue weighted by atomic mass is 16.6. The first-order valence-electron chi connectivity index (χ1n) is 13.0. The smallest absolute Gasteiger partial charge is 0.333 e. The zero-order valence-corrected chi connectivity index (χ0v) is 24.2. The van der Waals surface area contributed by atoms with Gasteiger partial charge in [-0.2, -0.15) is 0 Å². The lowest BCUT2D eigenvalue weighted by molar-refractivity contribution is -0.143. The number of pyridine rings is 1. The van der Waals surface area contributed by atoms with Crippen molar-refractivity contribution in [2.75, 3.05) is 7.11 Å². The molecule has 3 aromatic rings. The Morgan fingerprint density at radius 1 is 0.900 bits per heavy atom. The van der Waals surface area contributed by atoms with Gasteiger partial charge in [-0.3, -0.25) is 9.59 Å². The van der Waals surface area contributed by atoms with E-state index in [1.807, 2.05) is 62.4 Å². The van der Waals surface area contributed by atoms with Gasteiger partial charge in [0.25, 0.3) is 5.91 Å². The molecule has 0 saturated carbocycles. The SMILES string of the molecule is COc1ccnc(C(=O)N[C@@H](C)C(=O)OC(C)=C(c2ccccc2C)c2ccccc2C)c1OC(=O)C(C)(C)C. The van der Waals surface area contributed by atoms with Crippen molar-refractivity contribution in [2.45, 2.75) is 54.5 Å². The van der Waals surface area contributed by atoms with Crippen LogP contribution in [0.3, 0.4) is 0 Å². The van der Waals surface area contributed by atoms with Crippen LogP contribution < -0.4 is 14.8 Å². The highest BCUT2D eigenvalue weighted by molar-refractivity contribution is 5.99. The largest absolute Gasteiger partial charge is 0.493 e. The van der Waals surface area contributed by atoms with E-state index in [0.717, 1.165) is 27.8 Å². The van der Waals surface area contributed by atoms with Gasteiger partial charge in [-0.25, -0.2) is 9.78 Å². The second-order valence-corrected chi connectivity index (χ2v) is 10.5. The Morgan fingerprint density at radius 3 is 1.95 bits per heavy atom. The van der Waals surface area contributed by atoms with Gasteiger partial charge in [0, 0.05) is 17.8 Å². The van der Waals surface area contributed by atoms with E-state index in [-0.39, 0.29) is 17.2 Å². The summed E-state index contributed by atoms with van der Waals surface area (Å²) in [6, 6.07) is 16.2. The highest BCUT2D eigenvalue weighted by Crippen LogP contribution is 2.33. The molecule has 0 aliphatic heterocycles. The minimum atomic E-state index is -1.04. The minimum Gasteiger partial charge on any atom is -0.493 e. The fraction of sp³-hybridized carbons (Fsp3) is 0.312. The van der Waals surface area contributed by atoms with Crippen molar-refractivity contribution in [1.29, 1.82) is 0 Å². The van der Waals surface area contributed by atoms with Gasteiger partial charge in [0.1, 0.15) is 11.8 Å². The summed E-state index contributed by atoms with van der Waals surface area (Å²) in [5.41, 5.74) is 3.69. The first-order valence-corrected chi connectivity index (χ1v) is 13.0. The van der Waals surface area contributed by atoms with Crippen LogP contribution in [0, 0.1) is 19.3 Å². The first kappa shape index (κ1) is 30.1. The van der Waals surface area contributed by atoms with E-state index < -0.39 is 29.3 Å². The number of methoxy groups -OCH3 is 1. The molecule has 0 aliphatic carbocycles. The number of nitrogens with one attached hydrogen (secondary N) is 1. The van der Waals surface area contributed by atoms with E-state index in [0.29, 0.717) is 5.76 Å². The second kappa shape index (κ2) is 12.6. The van der Waals surface area contributed by atoms with E-state index in [1.54, 1.807) is 27.7 Å². The predicted molar refractivity (Wildman–Crippen MR) is 153 cm³/mol. The van der Waals surface area contributed by atoms with Crippen molar-refractivity contribution >= 4 is 23.4 Å². The van der Waals surface area contributed by atoms with Crippen LogP contribution in [-0.4, -0.2) is 36.0 Å². The molecule has 8 heteroatoms. The van der Waals surface area contributed by atoms with E-state index in [9.17, 15) is 14.4 Å². The van der Waals surface area contributed by atoms with Crippen LogP contribution in [0.15, 0.2) is 66.6 Å². The van der Waals surface area contributed by atoms with Crippen molar-refractivity contribution in [2.24, 2.45) is 5.41 Å². The zero-order valence-electron chi connectivity index (χ0n) is 24.2. The molecule has 0 radical (unpaired) electrons. The van der Waals surface area contributed by atoms with Crippen molar-refractivity contribution in [3.63, 3.8) is 0 Å². The lowest BCUT2D eigenvalue weighted by atomic mass is 9.91. The molecule has 0 spiro atoms. The maximum atomic E-state index is 13.2. The van der Waals surface area contributed by atoms with Gasteiger partial charge in [0.2, 0.25) is 5.75 Å². The number of hydrogen-bond donors (Lipinski definition) is 1. The number of aromatic nitrogens is 1. The molecule has 0 aliphatic rings. The summed E-state index contributed by atoms with van der Waals surface area (Å²) in [5.74, 6) is -1.52. The number of carbonyl (C=O) groups is 3. The molecule has 8 nitrogen and oxygen atoms in total. The topological polar surface area (TPSA) is 104 Å². The Balaban J connectivity index is 1.90. The fourth-order valence-electron chi connectivity index (χ4n) is 3.94. The summed E-state index contributed by atoms with van der Waals surface area (Å²) in [6.07, 6.45) is 1.36. The summed E-state index contributed by atoms with van der Waals surface area (Å²) in [6.45, 7) is 12.3. The van der Waals surface area contributed by atoms with Crippen molar-refractivity contribution < 1.29 is 28.6 Å². The van der Waals surface area contributed by atoms with E-state index in [1.165, 1.54) is 26.3 Å². The fourth-order valence-corrected chi connectivity index (χ4v) is 3.94. The number of aryl methyl sites for hydroxylation is 2. The van der Waals surface area contributed by atoms with Crippen LogP contribution in [0.25, 0.3) is 5.57 Å². The second-order valence-electron chi connectivity index (χ2n) is 10.5. The Labute approximate surface area is 235 Å². The maximum absolute atomic E-state index is 13.2. The Kier molecular flexibility index (Phi) is 9.47. The lowest BCUT2D eigenvalue weighted by Gasteiger charge is -2.20. The number of carbonyl (C=O) groups excluding carboxylic acids is 3. The average Bonchev–Trinajstić information content (AvgIpc) is 2.90. The number of amides is 1. The quantitative estimate of drug-likeness (QED) is 0.282. The number of benzene rings is 2. The van der Waals surface area contributed by atoms with Crippen LogP contribution in [-0.2, 0) is 14.3 Å². The molecule has 1 aromatic heterocycles. The van der Waals surface area contributed by atoms with Crippen LogP contribution in [0.4, 0.5) is 0 Å². The van der Waals surface area contributed by atoms with Gasteiger partial charge in [0.05, 0.1) is 12.5 Å². The average molecular weight is 545 g/mol. The molecular formula is C32H36N2O6. The Bertz CT molecular complexity index is 1400. The standard InChI is InChI=1S/C32H36N2O6/c1-19-13-9-11-15-23(19)26(24-16-12-10-14-20(24)2)22(4)39-30(36)21(3)34-29(35)27-28(25(38-8)17-18-33-27)40-31(37)32(5,6)7/h9-18,21H,1-8H3,(H,34,35)/t21-/m0/s1. The molecule has 0 bridgehead atoms. The monoisotopic (exact) mass is 544 g/mol. The maximum Gasteiger partial charge on any atom is 0.333 e. The summed E-state index contributed by atoms with van der Waals surface area (Å²) in [5, 5.41) is 2.60. The molecule has 0 unspecified atom stereocenters. The zero-order chi connectivity index (χ0) is 29.6. The number of hydrogen-bond acceptors (Lipinski definition) is 7. The Hall–Kier alpha value is -4.46. The molecule has 1 N–H and O–H groups in total. The molecule has 1 amide bonds. The number of allylic oxidation sites excluding steroid dienone is 1. The normalized spacial score (nSPS) is 11.7. The van der Waals surface area contributed by atoms with Crippen LogP contribution in [0.5, 0.6) is 11.5 Å². The van der Waals surface area contributed by atoms with E-state index >= 15 is 0 Å². The number of ether oxygens (including phenoxy) is 3. The summed E-state index contributed by atoms with van der Waals surface area (Å²) < 4.78 is 16.6. The number of nitrogens with zero attached hydrogens (tertiary/aromatic N) is 1. The number of esters is 2. The summed E-state index contributed by atoms with van der Waals surface area (Å²) in [4.78, 5) is 43.0. The molecule has 40 heavy (non-hydrogen) atoms. The summed E-state index contributed by atoms with van der Waals surface area (Å²) >= 11 is 0. The van der Waals surface area contributed by atoms with Crippen molar-refractivity contribution in [3.8, 4) is 11.5 Å². The lowest BCUT2D eigenvalue weighted by Crippen LogP contribution is -2.40. The first-order chi connectivity index (χ1) is 18.8. The van der Waals surface area contributed by atoms with Crippen LogP contribution in [0.1, 0.15) is 67.4 Å². The van der Waals surface area contributed by atoms with E-state index in [4.69, 9.17) is 14.2 Å². The predicted octanol–water partition coefficient (Wildman–Crippen LogP) is 5.80. The Morgan fingerprint density at radius 2 is 1.45 bits per heavy atom. The molecule has 0 fully saturated rings. The van der Waals surface area contributed by atoms with Gasteiger partial charge in [-0.15, -0.1) is 0 Å². The van der Waals surface area contributed by atoms with Crippen LogP contribution >= 0.6 is 0 Å². The third-order valence-corrected chi connectivity index (χ3v) is 6.25. The van der Waals surface area contributed by atoms with Crippen molar-refractivity contribution in [1.82, 2.24) is 10.3 Å². The molecule has 2 aromatic carbocycles. The molecule has 1 atom stereocenters. The van der Waals surface area contributed by atoms with Gasteiger partial charge >= 0.3 is 11.9 Å². The highest BCUT2D eigenvalue weighted by Gasteiger charge is 2.30. The molecule has 210 valence electrons. The van der Waals surface area contributed by atoms with E-state index in [2.05, 4.69) is 10.3 Å². The third-order valence-electron chi connectivity index (χ3n) is 6.25. The van der Waals surface area contributed by atoms with Crippen molar-refractivity contribution in [3.05, 3.63) is 94.5 Å². The number of rotatable bonds is 8. The third kappa shape index (κ3) is 6.94. The molecule has 3 rings (SSSR count). The van der Waals surface area contributed by atoms with Gasteiger partial charge in [0.15, 0.2) is 11.4 Å². The molecular weight excluding hydrogens is 508 g/mol. The van der Waals surface area contributed by atoms with Crippen LogP contribution in [0.2, 0.25) is 0 Å². The summed E-state index contributed by atoms with van der Waals surface area (Å²) in [7, 11) is 1.39. The molecule has 1 heterocycles.